The summed E-state index contributed by atoms with van der Waals surface area (Å²) in [6.07, 6.45) is 0. The number of hydrogen-bond acceptors (Lipinski definition) is 2. The van der Waals surface area contributed by atoms with Crippen LogP contribution in [0.5, 0.6) is 0 Å². The Bertz CT molecular complexity index is 8160. The summed E-state index contributed by atoms with van der Waals surface area (Å²) in [4.78, 5) is 3.33. The van der Waals surface area contributed by atoms with Crippen molar-refractivity contribution in [2.75, 3.05) is 9.80 Å². The van der Waals surface area contributed by atoms with Crippen molar-refractivity contribution >= 4 is 79.0 Å². The van der Waals surface area contributed by atoms with E-state index in [0.717, 1.165) is 11.1 Å². The van der Waals surface area contributed by atoms with Crippen molar-refractivity contribution < 1.29 is 42.5 Å². The molecule has 0 bridgehead atoms. The molecule has 0 spiro atoms. The molecular formula is C118H132BN3. The lowest BCUT2D eigenvalue weighted by atomic mass is 9.33. The van der Waals surface area contributed by atoms with Crippen LogP contribution in [-0.4, -0.2) is 11.3 Å². The number of hydrogen-bond donors (Lipinski definition) is 0. The second-order valence-corrected chi connectivity index (χ2v) is 43.6. The minimum Gasteiger partial charge on any atom is -0.310 e. The minimum atomic E-state index is -1.46. The molecule has 3 heterocycles. The molecule has 16 rings (SSSR count). The standard InChI is InChI=1S/C118H132BN3/c1-109(2,3)80-52-47-74(48-53-80)91-68-86(115(19,20)21)70-93(79-61-84(113(13,14)15)67-85(62-79)114(16,17)18)107(91)122-102-72-88(120-99-45-36-34-41-89(99)90-42-35-37-46-100(90)120)56-58-98(102)119-97-57-51-76(73-39-32-31-33-40-73)63-101(97)121(103-64-78(65-104(122)106(103)119)77-59-82(111(7,8)9)66-83(60-77)112(10,11)12)108-92(75-49-54-81(55-50-75)110(4,5)6)69-87(116(22,23)24)71-94(108)105-95(117(25,26)27)43-38-44-96(105)118(28,29)30/h31-72H,1-30H3/i31D,32D,33D,34D,35D,36D,37D,38D,39D,40D,41D,42D,43D,44D,45D,46D,47D,48D,49D,50D,52D,53D,54D,55D,61D,62D,67D,68D,69D,70D,71D. The molecule has 13 aromatic carbocycles. The van der Waals surface area contributed by atoms with Crippen LogP contribution in [-0.2, 0) is 54.1 Å². The zero-order valence-corrected chi connectivity index (χ0v) is 76.8. The molecule has 122 heavy (non-hydrogen) atoms. The largest absolute Gasteiger partial charge is 0.310 e. The van der Waals surface area contributed by atoms with E-state index < -0.39 is 265 Å². The fraction of sp³-hybridized carbons (Fsp3) is 0.339. The van der Waals surface area contributed by atoms with Gasteiger partial charge in [-0.15, -0.1) is 0 Å². The Hall–Kier alpha value is -10.7. The van der Waals surface area contributed by atoms with Crippen LogP contribution in [0.15, 0.2) is 254 Å². The summed E-state index contributed by atoms with van der Waals surface area (Å²) in [5.74, 6) is 0. The second kappa shape index (κ2) is 29.5. The summed E-state index contributed by atoms with van der Waals surface area (Å²) in [6.45, 7) is 53.4. The Kier molecular flexibility index (Phi) is 13.2. The van der Waals surface area contributed by atoms with Gasteiger partial charge in [-0.1, -0.05) is 395 Å². The SMILES string of the molecule is [2H]c1c([2H])c([2H])c(-c2ccc3c(c2)N(c2c(-c4c([2H])c([2H])c(C(C)(C)C)c([2H])c4[2H])c([2H])c(C(C)(C)C)c([2H])c2-c2c(C(C)(C)C)c([2H])c([2H])c([2H])c2C(C)(C)C)c2cc(-c4cc(C(C)(C)C)cc(C(C)(C)C)c4)cc4c2B3c2ccc(-n3c5c([2H])c([2H])c([2H])c([2H])c5c5c([2H])c([2H])c([2H])c([2H])c53)cc2N4c2c(-c3c([2H])c([2H])c(C(C)(C)C)c([2H])c3[2H])c([2H])c(C(C)(C)C)c([2H])c2-c2c([2H])c(C(C)(C)C)c([2H])c(C(C)(C)C)c2[2H])c([2H])c1[2H]. The molecule has 3 nitrogen and oxygen atoms in total. The number of fused-ring (bicyclic) bond motifs is 7. The number of aromatic nitrogens is 1. The summed E-state index contributed by atoms with van der Waals surface area (Å²) < 4.78 is 326. The first-order valence-corrected chi connectivity index (χ1v) is 42.5. The van der Waals surface area contributed by atoms with Gasteiger partial charge in [-0.05, 0) is 237 Å². The van der Waals surface area contributed by atoms with E-state index in [1.165, 1.54) is 4.57 Å². The Morgan fingerprint density at radius 2 is 0.607 bits per heavy atom. The normalized spacial score (nSPS) is 17.3. The van der Waals surface area contributed by atoms with Crippen molar-refractivity contribution in [1.29, 1.82) is 0 Å². The highest BCUT2D eigenvalue weighted by Crippen LogP contribution is 2.58. The molecular weight excluding hydrogens is 1470 g/mol. The van der Waals surface area contributed by atoms with Crippen molar-refractivity contribution in [3.8, 4) is 72.4 Å². The maximum Gasteiger partial charge on any atom is 0.252 e. The topological polar surface area (TPSA) is 11.4 Å². The van der Waals surface area contributed by atoms with Gasteiger partial charge in [0.05, 0.1) is 64.9 Å². The number of nitrogens with zero attached hydrogens (tertiary/aromatic N) is 3. The van der Waals surface area contributed by atoms with E-state index in [2.05, 4.69) is 6.07 Å². The second-order valence-electron chi connectivity index (χ2n) is 43.6. The van der Waals surface area contributed by atoms with Crippen molar-refractivity contribution in [2.45, 2.75) is 262 Å². The highest BCUT2D eigenvalue weighted by Gasteiger charge is 2.47. The number of anilines is 6. The Morgan fingerprint density at radius 1 is 0.246 bits per heavy atom. The predicted molar refractivity (Wildman–Crippen MR) is 534 cm³/mol. The van der Waals surface area contributed by atoms with Gasteiger partial charge in [0.15, 0.2) is 0 Å². The van der Waals surface area contributed by atoms with Crippen LogP contribution in [0, 0.1) is 0 Å². The quantitative estimate of drug-likeness (QED) is 0.133. The number of benzene rings is 13. The van der Waals surface area contributed by atoms with Gasteiger partial charge < -0.3 is 14.4 Å². The molecule has 622 valence electrons. The third-order valence-corrected chi connectivity index (χ3v) is 23.4. The van der Waals surface area contributed by atoms with Gasteiger partial charge in [-0.2, -0.15) is 0 Å². The van der Waals surface area contributed by atoms with Crippen LogP contribution in [0.3, 0.4) is 0 Å². The molecule has 0 radical (unpaired) electrons. The van der Waals surface area contributed by atoms with Crippen LogP contribution in [0.25, 0.3) is 94.3 Å². The zero-order chi connectivity index (χ0) is 115. The molecule has 2 aliphatic heterocycles. The van der Waals surface area contributed by atoms with Crippen LogP contribution >= 0.6 is 0 Å². The maximum atomic E-state index is 11.9. The smallest absolute Gasteiger partial charge is 0.252 e. The van der Waals surface area contributed by atoms with E-state index in [0.29, 0.717) is 5.56 Å². The molecule has 0 atom stereocenters. The highest BCUT2D eigenvalue weighted by atomic mass is 15.2. The monoisotopic (exact) mass is 1630 g/mol. The van der Waals surface area contributed by atoms with Gasteiger partial charge in [0.2, 0.25) is 0 Å². The van der Waals surface area contributed by atoms with Gasteiger partial charge in [-0.25, -0.2) is 0 Å². The maximum absolute atomic E-state index is 11.9. The third kappa shape index (κ3) is 15.5. The molecule has 0 saturated carbocycles. The van der Waals surface area contributed by atoms with Crippen molar-refractivity contribution in [3.05, 3.63) is 310 Å². The minimum absolute atomic E-state index is 0.00804. The zero-order valence-electron chi connectivity index (χ0n) is 108. The molecule has 0 fully saturated rings. The molecule has 0 amide bonds. The number of rotatable bonds is 9. The van der Waals surface area contributed by atoms with Crippen molar-refractivity contribution in [2.24, 2.45) is 0 Å². The average molecular weight is 1630 g/mol. The van der Waals surface area contributed by atoms with E-state index in [9.17, 15) is 41.1 Å². The molecule has 1 aromatic heterocycles. The van der Waals surface area contributed by atoms with E-state index in [4.69, 9.17) is 1.37 Å². The predicted octanol–water partition coefficient (Wildman–Crippen LogP) is 31.8. The van der Waals surface area contributed by atoms with Crippen LogP contribution in [0.2, 0.25) is 0 Å². The van der Waals surface area contributed by atoms with Crippen molar-refractivity contribution in [1.82, 2.24) is 4.57 Å². The third-order valence-electron chi connectivity index (χ3n) is 23.4. The average Bonchev–Trinajstić information content (AvgIpc) is 1.03. The fourth-order valence-electron chi connectivity index (χ4n) is 16.4. The van der Waals surface area contributed by atoms with Gasteiger partial charge >= 0.3 is 0 Å². The fourth-order valence-corrected chi connectivity index (χ4v) is 16.4. The van der Waals surface area contributed by atoms with Crippen molar-refractivity contribution in [3.63, 3.8) is 0 Å². The van der Waals surface area contributed by atoms with Gasteiger partial charge in [-0.3, -0.25) is 0 Å². The van der Waals surface area contributed by atoms with Crippen LogP contribution in [0.4, 0.5) is 34.1 Å². The molecule has 0 unspecified atom stereocenters. The lowest BCUT2D eigenvalue weighted by Crippen LogP contribution is -2.61. The molecule has 0 saturated heterocycles. The van der Waals surface area contributed by atoms with Gasteiger partial charge in [0, 0.05) is 61.5 Å². The van der Waals surface area contributed by atoms with Gasteiger partial charge in [0.1, 0.15) is 0 Å². The van der Waals surface area contributed by atoms with Crippen LogP contribution in [0.1, 0.15) is 306 Å². The Balaban J connectivity index is 1.35. The summed E-state index contributed by atoms with van der Waals surface area (Å²) in [6, 6.07) is 0.433. The Morgan fingerprint density at radius 3 is 1.03 bits per heavy atom. The first-order valence-electron chi connectivity index (χ1n) is 58.0. The van der Waals surface area contributed by atoms with E-state index in [-0.39, 0.29) is 167 Å². The summed E-state index contributed by atoms with van der Waals surface area (Å²) >= 11 is 0. The first kappa shape index (κ1) is 54.7. The van der Waals surface area contributed by atoms with Crippen LogP contribution < -0.4 is 26.2 Å². The lowest BCUT2D eigenvalue weighted by Gasteiger charge is -2.46. The number of para-hydroxylation sites is 2. The molecule has 2 aliphatic rings. The van der Waals surface area contributed by atoms with E-state index in [1.807, 2.05) is 107 Å². The lowest BCUT2D eigenvalue weighted by molar-refractivity contribution is 0.568. The molecule has 0 aliphatic carbocycles. The molecule has 14 aromatic rings. The summed E-state index contributed by atoms with van der Waals surface area (Å²) in [5.41, 5.74) is -13.6. The summed E-state index contributed by atoms with van der Waals surface area (Å²) in [5, 5.41) is -0.653. The first-order chi connectivity index (χ1) is 69.8. The Labute approximate surface area is 776 Å². The summed E-state index contributed by atoms with van der Waals surface area (Å²) in [7, 11) is 0. The molecule has 0 N–H and O–H groups in total. The highest BCUT2D eigenvalue weighted by molar-refractivity contribution is 7.00. The van der Waals surface area contributed by atoms with E-state index >= 15 is 0 Å². The van der Waals surface area contributed by atoms with Gasteiger partial charge in [0.25, 0.3) is 6.71 Å². The van der Waals surface area contributed by atoms with E-state index in [1.54, 1.807) is 171 Å². The molecule has 4 heteroatoms.